The lowest BCUT2D eigenvalue weighted by Crippen LogP contribution is -2.42. The minimum atomic E-state index is -0.583. The summed E-state index contributed by atoms with van der Waals surface area (Å²) < 4.78 is 0. The Morgan fingerprint density at radius 1 is 1.27 bits per heavy atom. The van der Waals surface area contributed by atoms with Gasteiger partial charge in [-0.3, -0.25) is 9.59 Å². The van der Waals surface area contributed by atoms with E-state index in [9.17, 15) is 9.59 Å². The van der Waals surface area contributed by atoms with Crippen molar-refractivity contribution < 1.29 is 4.79 Å². The zero-order chi connectivity index (χ0) is 15.3. The molecule has 1 aromatic carbocycles. The molecule has 112 valence electrons. The molecule has 0 radical (unpaired) electrons. The number of carbonyl (C=O) groups excluding carboxylic acids is 1. The predicted molar refractivity (Wildman–Crippen MR) is 85.4 cm³/mol. The largest absolute Gasteiger partial charge is 0.325 e. The summed E-state index contributed by atoms with van der Waals surface area (Å²) >= 11 is 1.41. The van der Waals surface area contributed by atoms with Crippen molar-refractivity contribution >= 4 is 23.4 Å². The summed E-state index contributed by atoms with van der Waals surface area (Å²) in [4.78, 5) is 32.1. The van der Waals surface area contributed by atoms with Gasteiger partial charge in [0.25, 0.3) is 5.56 Å². The minimum Gasteiger partial charge on any atom is -0.325 e. The van der Waals surface area contributed by atoms with Gasteiger partial charge >= 0.3 is 0 Å². The minimum absolute atomic E-state index is 0.0205. The Morgan fingerprint density at radius 2 is 2.09 bits per heavy atom. The Bertz CT molecular complexity index is 846. The summed E-state index contributed by atoms with van der Waals surface area (Å²) in [6, 6.07) is 7.80. The lowest BCUT2D eigenvalue weighted by Gasteiger charge is -2.32. The van der Waals surface area contributed by atoms with E-state index in [-0.39, 0.29) is 11.5 Å². The monoisotopic (exact) mass is 313 g/mol. The van der Waals surface area contributed by atoms with Crippen molar-refractivity contribution in [2.75, 3.05) is 11.6 Å². The number of fused-ring (bicyclic) bond motifs is 3. The van der Waals surface area contributed by atoms with Crippen molar-refractivity contribution in [1.82, 2.24) is 9.97 Å². The molecular weight excluding hydrogens is 298 g/mol. The van der Waals surface area contributed by atoms with Gasteiger partial charge in [0, 0.05) is 17.7 Å². The van der Waals surface area contributed by atoms with Gasteiger partial charge in [0.05, 0.1) is 11.1 Å². The van der Waals surface area contributed by atoms with E-state index < -0.39 is 5.41 Å². The first-order valence-corrected chi connectivity index (χ1v) is 8.43. The molecule has 0 fully saturated rings. The van der Waals surface area contributed by atoms with E-state index in [1.165, 1.54) is 11.8 Å². The molecule has 2 N–H and O–H groups in total. The van der Waals surface area contributed by atoms with Gasteiger partial charge in [-0.15, -0.1) is 0 Å². The third-order valence-corrected chi connectivity index (χ3v) is 5.25. The van der Waals surface area contributed by atoms with Gasteiger partial charge < -0.3 is 10.3 Å². The summed E-state index contributed by atoms with van der Waals surface area (Å²) in [7, 11) is 0. The molecule has 1 spiro atoms. The van der Waals surface area contributed by atoms with Crippen LogP contribution in [0.4, 0.5) is 5.69 Å². The van der Waals surface area contributed by atoms with E-state index in [2.05, 4.69) is 15.3 Å². The maximum absolute atomic E-state index is 12.6. The highest BCUT2D eigenvalue weighted by Crippen LogP contribution is 2.45. The smallest absolute Gasteiger partial charge is 0.254 e. The van der Waals surface area contributed by atoms with Gasteiger partial charge in [-0.1, -0.05) is 30.0 Å². The van der Waals surface area contributed by atoms with Gasteiger partial charge in [0.1, 0.15) is 0 Å². The van der Waals surface area contributed by atoms with E-state index in [1.54, 1.807) is 0 Å². The fourth-order valence-corrected chi connectivity index (χ4v) is 3.93. The molecule has 1 amide bonds. The quantitative estimate of drug-likeness (QED) is 0.622. The normalized spacial score (nSPS) is 22.3. The molecule has 1 aliphatic carbocycles. The fraction of sp³-hybridized carbons (Fsp3) is 0.312. The molecule has 2 aromatic rings. The molecule has 1 atom stereocenters. The second-order valence-corrected chi connectivity index (χ2v) is 6.55. The van der Waals surface area contributed by atoms with E-state index in [4.69, 9.17) is 0 Å². The Hall–Kier alpha value is -2.08. The summed E-state index contributed by atoms with van der Waals surface area (Å²) in [5.41, 5.74) is 2.73. The number of aromatic nitrogens is 2. The number of anilines is 1. The van der Waals surface area contributed by atoms with Crippen LogP contribution in [0.3, 0.4) is 0 Å². The highest BCUT2D eigenvalue weighted by Gasteiger charge is 2.49. The number of hydrogen-bond acceptors (Lipinski definition) is 4. The van der Waals surface area contributed by atoms with Crippen molar-refractivity contribution in [3.05, 3.63) is 51.4 Å². The summed E-state index contributed by atoms with van der Waals surface area (Å²) in [5.74, 6) is 0.0205. The average Bonchev–Trinajstić information content (AvgIpc) is 2.79. The maximum atomic E-state index is 12.6. The second kappa shape index (κ2) is 4.71. The molecule has 0 saturated heterocycles. The highest BCUT2D eigenvalue weighted by atomic mass is 32.2. The van der Waals surface area contributed by atoms with E-state index in [0.29, 0.717) is 24.4 Å². The van der Waals surface area contributed by atoms with Crippen LogP contribution in [0.15, 0.2) is 34.2 Å². The molecule has 1 unspecified atom stereocenters. The highest BCUT2D eigenvalue weighted by molar-refractivity contribution is 7.98. The Balaban J connectivity index is 1.86. The Labute approximate surface area is 131 Å². The number of hydrogen-bond donors (Lipinski definition) is 2. The topological polar surface area (TPSA) is 74.8 Å². The first-order chi connectivity index (χ1) is 10.6. The predicted octanol–water partition coefficient (Wildman–Crippen LogP) is 1.87. The number of aromatic amines is 1. The number of thioether (sulfide) groups is 1. The van der Waals surface area contributed by atoms with Crippen LogP contribution in [0.1, 0.15) is 23.2 Å². The van der Waals surface area contributed by atoms with Gasteiger partial charge in [0.15, 0.2) is 5.16 Å². The molecule has 1 aromatic heterocycles. The molecule has 0 bridgehead atoms. The molecule has 0 saturated carbocycles. The standard InChI is InChI=1S/C16H15N3O2S/c1-22-15-18-12-8-16(7-6-9(12)13(20)19-15)10-4-2-3-5-11(10)17-14(16)21/h2-5H,6-8H2,1H3,(H,17,21)(H,18,19,20). The van der Waals surface area contributed by atoms with Crippen LogP contribution in [0.2, 0.25) is 0 Å². The third-order valence-electron chi connectivity index (χ3n) is 4.67. The van der Waals surface area contributed by atoms with Crippen LogP contribution in [0, 0.1) is 0 Å². The zero-order valence-electron chi connectivity index (χ0n) is 12.1. The fourth-order valence-electron chi connectivity index (χ4n) is 3.53. The number of H-pyrrole nitrogens is 1. The number of carbonyl (C=O) groups is 1. The van der Waals surface area contributed by atoms with Crippen molar-refractivity contribution in [2.45, 2.75) is 29.8 Å². The number of nitrogens with one attached hydrogen (secondary N) is 2. The van der Waals surface area contributed by atoms with Gasteiger partial charge in [-0.25, -0.2) is 4.98 Å². The molecule has 2 aliphatic rings. The van der Waals surface area contributed by atoms with Gasteiger partial charge in [-0.05, 0) is 30.7 Å². The molecule has 1 aliphatic heterocycles. The second-order valence-electron chi connectivity index (χ2n) is 5.76. The van der Waals surface area contributed by atoms with E-state index in [1.807, 2.05) is 30.5 Å². The molecule has 6 heteroatoms. The summed E-state index contributed by atoms with van der Waals surface area (Å²) in [6.45, 7) is 0. The van der Waals surface area contributed by atoms with Crippen LogP contribution in [-0.4, -0.2) is 22.1 Å². The zero-order valence-corrected chi connectivity index (χ0v) is 12.9. The molecule has 22 heavy (non-hydrogen) atoms. The Morgan fingerprint density at radius 3 is 2.91 bits per heavy atom. The molecular formula is C16H15N3O2S. The summed E-state index contributed by atoms with van der Waals surface area (Å²) in [6.07, 6.45) is 3.59. The first kappa shape index (κ1) is 13.6. The van der Waals surface area contributed by atoms with Gasteiger partial charge in [0.2, 0.25) is 5.91 Å². The number of para-hydroxylation sites is 1. The maximum Gasteiger partial charge on any atom is 0.254 e. The average molecular weight is 313 g/mol. The van der Waals surface area contributed by atoms with Crippen LogP contribution >= 0.6 is 11.8 Å². The number of rotatable bonds is 1. The van der Waals surface area contributed by atoms with Crippen molar-refractivity contribution in [1.29, 1.82) is 0 Å². The van der Waals surface area contributed by atoms with Crippen molar-refractivity contribution in [2.24, 2.45) is 0 Å². The lowest BCUT2D eigenvalue weighted by atomic mass is 9.69. The van der Waals surface area contributed by atoms with E-state index >= 15 is 0 Å². The Kier molecular flexibility index (Phi) is 2.91. The van der Waals surface area contributed by atoms with Gasteiger partial charge in [-0.2, -0.15) is 0 Å². The first-order valence-electron chi connectivity index (χ1n) is 7.21. The summed E-state index contributed by atoms with van der Waals surface area (Å²) in [5, 5.41) is 3.58. The van der Waals surface area contributed by atoms with Crippen molar-refractivity contribution in [3.63, 3.8) is 0 Å². The number of benzene rings is 1. The van der Waals surface area contributed by atoms with E-state index in [0.717, 1.165) is 22.5 Å². The SMILES string of the molecule is CSc1nc2c(c(=O)[nH]1)CCC1(C2)C(=O)Nc2ccccc21. The molecule has 2 heterocycles. The number of amides is 1. The third kappa shape index (κ3) is 1.76. The van der Waals surface area contributed by atoms with Crippen LogP contribution in [-0.2, 0) is 23.1 Å². The molecule has 5 nitrogen and oxygen atoms in total. The van der Waals surface area contributed by atoms with Crippen LogP contribution in [0.25, 0.3) is 0 Å². The lowest BCUT2D eigenvalue weighted by molar-refractivity contribution is -0.121. The van der Waals surface area contributed by atoms with Crippen molar-refractivity contribution in [3.8, 4) is 0 Å². The number of nitrogens with zero attached hydrogens (tertiary/aromatic N) is 1. The van der Waals surface area contributed by atoms with Crippen LogP contribution in [0.5, 0.6) is 0 Å². The molecule has 4 rings (SSSR count). The van der Waals surface area contributed by atoms with Crippen LogP contribution < -0.4 is 10.9 Å².